The van der Waals surface area contributed by atoms with Crippen molar-refractivity contribution in [3.8, 4) is 0 Å². The third-order valence-electron chi connectivity index (χ3n) is 5.75. The highest BCUT2D eigenvalue weighted by molar-refractivity contribution is 7.98. The van der Waals surface area contributed by atoms with E-state index in [0.717, 1.165) is 5.56 Å². The number of carbonyl (C=O) groups is 5. The number of hydrogen-bond donors (Lipinski definition) is 7. The van der Waals surface area contributed by atoms with Crippen molar-refractivity contribution < 1.29 is 34.2 Å². The maximum absolute atomic E-state index is 13.2. The van der Waals surface area contributed by atoms with E-state index in [2.05, 4.69) is 25.9 Å². The van der Waals surface area contributed by atoms with Crippen molar-refractivity contribution in [1.29, 1.82) is 0 Å². The summed E-state index contributed by atoms with van der Waals surface area (Å²) in [5.74, 6) is -4.16. The molecule has 1 aromatic carbocycles. The number of carbonyl (C=O) groups excluding carboxylic acids is 3. The molecule has 0 spiro atoms. The van der Waals surface area contributed by atoms with Crippen molar-refractivity contribution in [2.45, 2.75) is 56.3 Å². The summed E-state index contributed by atoms with van der Waals surface area (Å²) >= 11 is 1.45. The Morgan fingerprint density at radius 1 is 0.923 bits per heavy atom. The maximum Gasteiger partial charge on any atom is 0.326 e. The number of aliphatic carboxylic acids is 2. The van der Waals surface area contributed by atoms with Gasteiger partial charge in [0.25, 0.3) is 0 Å². The van der Waals surface area contributed by atoms with Crippen LogP contribution in [-0.2, 0) is 36.8 Å². The summed E-state index contributed by atoms with van der Waals surface area (Å²) in [7, 11) is 0. The van der Waals surface area contributed by atoms with Crippen LogP contribution in [0.5, 0.6) is 0 Å². The van der Waals surface area contributed by atoms with Gasteiger partial charge in [0.05, 0.1) is 12.4 Å². The van der Waals surface area contributed by atoms with E-state index in [1.807, 2.05) is 36.6 Å². The van der Waals surface area contributed by atoms with E-state index < -0.39 is 60.2 Å². The molecule has 8 N–H and O–H groups in total. The van der Waals surface area contributed by atoms with Gasteiger partial charge in [-0.3, -0.25) is 19.2 Å². The lowest BCUT2D eigenvalue weighted by Crippen LogP contribution is -2.57. The predicted molar refractivity (Wildman–Crippen MR) is 144 cm³/mol. The van der Waals surface area contributed by atoms with Crippen molar-refractivity contribution in [3.63, 3.8) is 0 Å². The van der Waals surface area contributed by atoms with Crippen LogP contribution in [0.1, 0.15) is 30.5 Å². The Labute approximate surface area is 229 Å². The number of nitrogens with one attached hydrogen (secondary N) is 4. The molecule has 0 saturated carbocycles. The molecule has 0 aliphatic heterocycles. The van der Waals surface area contributed by atoms with Crippen LogP contribution in [0.3, 0.4) is 0 Å². The number of amides is 3. The van der Waals surface area contributed by atoms with Crippen molar-refractivity contribution in [3.05, 3.63) is 54.1 Å². The quantitative estimate of drug-likeness (QED) is 0.133. The summed E-state index contributed by atoms with van der Waals surface area (Å²) in [5, 5.41) is 26.1. The molecule has 2 rings (SSSR count). The van der Waals surface area contributed by atoms with Gasteiger partial charge in [-0.05, 0) is 36.8 Å². The third kappa shape index (κ3) is 11.2. The molecule has 0 aliphatic carbocycles. The monoisotopic (exact) mass is 562 g/mol. The van der Waals surface area contributed by atoms with Crippen LogP contribution < -0.4 is 21.7 Å². The Kier molecular flexibility index (Phi) is 13.0. The van der Waals surface area contributed by atoms with Crippen LogP contribution in [0.2, 0.25) is 0 Å². The molecule has 4 unspecified atom stereocenters. The lowest BCUT2D eigenvalue weighted by Gasteiger charge is -2.25. The average Bonchev–Trinajstić information content (AvgIpc) is 3.41. The fraction of sp³-hybridized carbons (Fsp3) is 0.440. The Morgan fingerprint density at radius 2 is 1.54 bits per heavy atom. The zero-order chi connectivity index (χ0) is 28.8. The van der Waals surface area contributed by atoms with Crippen molar-refractivity contribution in [1.82, 2.24) is 25.9 Å². The fourth-order valence-corrected chi connectivity index (χ4v) is 4.11. The molecule has 3 amide bonds. The van der Waals surface area contributed by atoms with Crippen LogP contribution in [0, 0.1) is 0 Å². The molecule has 4 atom stereocenters. The highest BCUT2D eigenvalue weighted by atomic mass is 32.2. The van der Waals surface area contributed by atoms with E-state index in [4.69, 9.17) is 10.8 Å². The number of H-pyrrole nitrogens is 1. The Bertz CT molecular complexity index is 1100. The molecule has 212 valence electrons. The Morgan fingerprint density at radius 3 is 2.10 bits per heavy atom. The largest absolute Gasteiger partial charge is 0.481 e. The zero-order valence-corrected chi connectivity index (χ0v) is 22.3. The molecule has 2 aromatic rings. The van der Waals surface area contributed by atoms with Gasteiger partial charge in [0.1, 0.15) is 18.1 Å². The highest BCUT2D eigenvalue weighted by Crippen LogP contribution is 2.07. The number of aromatic amines is 1. The molecule has 1 heterocycles. The number of thioether (sulfide) groups is 1. The topological polar surface area (TPSA) is 217 Å². The third-order valence-corrected chi connectivity index (χ3v) is 6.40. The van der Waals surface area contributed by atoms with Crippen LogP contribution in [0.4, 0.5) is 0 Å². The number of nitrogens with zero attached hydrogens (tertiary/aromatic N) is 1. The smallest absolute Gasteiger partial charge is 0.326 e. The summed E-state index contributed by atoms with van der Waals surface area (Å²) in [6.45, 7) is 0. The molecule has 0 fully saturated rings. The van der Waals surface area contributed by atoms with Gasteiger partial charge in [0.15, 0.2) is 0 Å². The number of nitrogens with two attached hydrogens (primary N) is 1. The summed E-state index contributed by atoms with van der Waals surface area (Å²) < 4.78 is 0. The second-order valence-electron chi connectivity index (χ2n) is 8.81. The van der Waals surface area contributed by atoms with Gasteiger partial charge in [0, 0.05) is 24.7 Å². The lowest BCUT2D eigenvalue weighted by atomic mass is 10.0. The molecule has 14 heteroatoms. The summed E-state index contributed by atoms with van der Waals surface area (Å²) in [6.07, 6.45) is 4.22. The van der Waals surface area contributed by atoms with Gasteiger partial charge in [-0.1, -0.05) is 30.3 Å². The zero-order valence-electron chi connectivity index (χ0n) is 21.5. The summed E-state index contributed by atoms with van der Waals surface area (Å²) in [5.41, 5.74) is 7.36. The second kappa shape index (κ2) is 16.1. The summed E-state index contributed by atoms with van der Waals surface area (Å²) in [6, 6.07) is 4.44. The fourth-order valence-electron chi connectivity index (χ4n) is 3.64. The number of hydrogen-bond acceptors (Lipinski definition) is 8. The Balaban J connectivity index is 2.11. The minimum atomic E-state index is -1.36. The van der Waals surface area contributed by atoms with E-state index in [9.17, 15) is 29.1 Å². The minimum absolute atomic E-state index is 0.105. The van der Waals surface area contributed by atoms with E-state index in [0.29, 0.717) is 11.4 Å². The van der Waals surface area contributed by atoms with Gasteiger partial charge in [-0.25, -0.2) is 9.78 Å². The highest BCUT2D eigenvalue weighted by Gasteiger charge is 2.31. The van der Waals surface area contributed by atoms with E-state index >= 15 is 0 Å². The molecule has 0 saturated heterocycles. The van der Waals surface area contributed by atoms with E-state index in [-0.39, 0.29) is 25.7 Å². The van der Waals surface area contributed by atoms with Crippen molar-refractivity contribution in [2.75, 3.05) is 12.0 Å². The molecule has 0 aliphatic rings. The van der Waals surface area contributed by atoms with Crippen LogP contribution in [-0.4, -0.2) is 86.0 Å². The first kappa shape index (κ1) is 31.3. The van der Waals surface area contributed by atoms with E-state index in [1.165, 1.54) is 24.3 Å². The van der Waals surface area contributed by atoms with Crippen molar-refractivity contribution >= 4 is 41.4 Å². The van der Waals surface area contributed by atoms with E-state index in [1.54, 1.807) is 0 Å². The lowest BCUT2D eigenvalue weighted by molar-refractivity contribution is -0.143. The number of benzene rings is 1. The molecular formula is C25H34N6O7S. The Hall–Kier alpha value is -3.91. The molecule has 0 radical (unpaired) electrons. The van der Waals surface area contributed by atoms with Gasteiger partial charge in [-0.15, -0.1) is 0 Å². The number of rotatable bonds is 17. The number of aromatic nitrogens is 2. The van der Waals surface area contributed by atoms with Gasteiger partial charge < -0.3 is 36.9 Å². The van der Waals surface area contributed by atoms with Gasteiger partial charge in [0.2, 0.25) is 17.7 Å². The molecule has 13 nitrogen and oxygen atoms in total. The summed E-state index contributed by atoms with van der Waals surface area (Å²) in [4.78, 5) is 68.4. The minimum Gasteiger partial charge on any atom is -0.481 e. The number of carboxylic acids is 2. The van der Waals surface area contributed by atoms with Crippen LogP contribution in [0.15, 0.2) is 42.9 Å². The standard InChI is InChI=1S/C25H34N6O7S/c1-39-10-9-19(29-22(34)17(26)11-15-5-3-2-4-6-15)24(36)30-18(7-8-21(32)33)23(35)31-20(25(37)38)12-16-13-27-14-28-16/h2-6,13-14,17-20H,7-12,26H2,1H3,(H,27,28)(H,29,34)(H,30,36)(H,31,35)(H,32,33)(H,37,38). The SMILES string of the molecule is CSCCC(NC(=O)C(N)Cc1ccccc1)C(=O)NC(CCC(=O)O)C(=O)NC(Cc1cnc[nH]1)C(=O)O. The second-order valence-corrected chi connectivity index (χ2v) is 9.80. The maximum atomic E-state index is 13.2. The first-order chi connectivity index (χ1) is 18.6. The first-order valence-corrected chi connectivity index (χ1v) is 13.6. The number of imidazole rings is 1. The molecule has 1 aromatic heterocycles. The van der Waals surface area contributed by atoms with Crippen LogP contribution >= 0.6 is 11.8 Å². The molecule has 0 bridgehead atoms. The number of carboxylic acid groups (broad SMARTS) is 2. The van der Waals surface area contributed by atoms with Crippen LogP contribution in [0.25, 0.3) is 0 Å². The normalized spacial score (nSPS) is 13.9. The van der Waals surface area contributed by atoms with Crippen molar-refractivity contribution in [2.24, 2.45) is 5.73 Å². The average molecular weight is 563 g/mol. The molecule has 39 heavy (non-hydrogen) atoms. The van der Waals surface area contributed by atoms with Gasteiger partial charge >= 0.3 is 11.9 Å². The molecular weight excluding hydrogens is 528 g/mol. The predicted octanol–water partition coefficient (Wildman–Crippen LogP) is -0.321. The first-order valence-electron chi connectivity index (χ1n) is 12.2. The van der Waals surface area contributed by atoms with Gasteiger partial charge in [-0.2, -0.15) is 11.8 Å².